The summed E-state index contributed by atoms with van der Waals surface area (Å²) in [5.74, 6) is -0.734. The van der Waals surface area contributed by atoms with Crippen molar-refractivity contribution in [3.05, 3.63) is 95.6 Å². The van der Waals surface area contributed by atoms with E-state index in [1.807, 2.05) is 42.5 Å². The van der Waals surface area contributed by atoms with Gasteiger partial charge in [0.05, 0.1) is 10.5 Å². The monoisotopic (exact) mass is 519 g/mol. The maximum absolute atomic E-state index is 12.8. The van der Waals surface area contributed by atoms with Gasteiger partial charge >= 0.3 is 5.97 Å². The zero-order chi connectivity index (χ0) is 26.1. The number of sulfonamides is 1. The van der Waals surface area contributed by atoms with Gasteiger partial charge in [0.25, 0.3) is 15.9 Å². The first-order valence-electron chi connectivity index (χ1n) is 12.2. The fourth-order valence-electron chi connectivity index (χ4n) is 4.01. The topological polar surface area (TPSA) is 114 Å². The van der Waals surface area contributed by atoms with E-state index in [9.17, 15) is 18.0 Å². The number of hydrogen-bond donors (Lipinski definition) is 2. The van der Waals surface area contributed by atoms with Crippen molar-refractivity contribution in [2.75, 3.05) is 18.5 Å². The second-order valence-electron chi connectivity index (χ2n) is 8.72. The summed E-state index contributed by atoms with van der Waals surface area (Å²) in [6.07, 6.45) is 3.97. The first kappa shape index (κ1) is 26.1. The molecule has 0 spiro atoms. The Hall–Kier alpha value is -3.98. The average molecular weight is 520 g/mol. The zero-order valence-corrected chi connectivity index (χ0v) is 21.2. The van der Waals surface area contributed by atoms with Crippen LogP contribution in [-0.4, -0.2) is 39.3 Å². The van der Waals surface area contributed by atoms with Crippen LogP contribution >= 0.6 is 0 Å². The van der Waals surface area contributed by atoms with E-state index in [0.29, 0.717) is 30.8 Å². The maximum Gasteiger partial charge on any atom is 0.338 e. The number of carbonyl (C=O) groups excluding carboxylic acids is 2. The number of hydrogen-bond acceptors (Lipinski definition) is 6. The molecule has 0 aromatic heterocycles. The molecule has 8 nitrogen and oxygen atoms in total. The van der Waals surface area contributed by atoms with Crippen LogP contribution in [0.25, 0.3) is 0 Å². The number of nitrogens with one attached hydrogen (secondary N) is 2. The molecule has 9 heteroatoms. The van der Waals surface area contributed by atoms with Crippen LogP contribution in [0, 0.1) is 0 Å². The third-order valence-electron chi connectivity index (χ3n) is 5.86. The van der Waals surface area contributed by atoms with Crippen molar-refractivity contribution >= 4 is 33.4 Å². The van der Waals surface area contributed by atoms with Gasteiger partial charge in [-0.3, -0.25) is 14.5 Å². The largest absolute Gasteiger partial charge is 0.452 e. The molecule has 0 bridgehead atoms. The molecular formula is C28H29N3O5S. The van der Waals surface area contributed by atoms with Crippen LogP contribution in [0.15, 0.2) is 88.8 Å². The van der Waals surface area contributed by atoms with E-state index in [-0.39, 0.29) is 10.6 Å². The van der Waals surface area contributed by atoms with Crippen LogP contribution in [-0.2, 0) is 26.0 Å². The van der Waals surface area contributed by atoms with Crippen LogP contribution < -0.4 is 10.0 Å². The molecule has 0 unspecified atom stereocenters. The van der Waals surface area contributed by atoms with E-state index in [1.54, 1.807) is 18.2 Å². The van der Waals surface area contributed by atoms with Crippen molar-refractivity contribution in [2.24, 2.45) is 4.99 Å². The van der Waals surface area contributed by atoms with Crippen molar-refractivity contribution in [3.8, 4) is 0 Å². The van der Waals surface area contributed by atoms with Gasteiger partial charge in [-0.1, -0.05) is 61.0 Å². The highest BCUT2D eigenvalue weighted by molar-refractivity contribution is 7.90. The number of aliphatic imine (C=N–C) groups is 1. The zero-order valence-electron chi connectivity index (χ0n) is 20.4. The van der Waals surface area contributed by atoms with Gasteiger partial charge in [-0.2, -0.15) is 0 Å². The number of esters is 1. The number of anilines is 1. The predicted octanol–water partition coefficient (Wildman–Crippen LogP) is 4.32. The minimum atomic E-state index is -3.84. The fraction of sp³-hybridized carbons (Fsp3) is 0.250. The van der Waals surface area contributed by atoms with Gasteiger partial charge in [0.15, 0.2) is 6.61 Å². The van der Waals surface area contributed by atoms with Crippen molar-refractivity contribution in [3.63, 3.8) is 0 Å². The van der Waals surface area contributed by atoms with Gasteiger partial charge in [-0.15, -0.1) is 0 Å². The molecule has 1 aliphatic heterocycles. The lowest BCUT2D eigenvalue weighted by atomic mass is 10.00. The van der Waals surface area contributed by atoms with Gasteiger partial charge in [0.1, 0.15) is 5.84 Å². The molecule has 1 heterocycles. The number of benzene rings is 3. The Kier molecular flexibility index (Phi) is 8.68. The van der Waals surface area contributed by atoms with Crippen molar-refractivity contribution in [1.29, 1.82) is 0 Å². The van der Waals surface area contributed by atoms with Crippen LogP contribution in [0.3, 0.4) is 0 Å². The maximum atomic E-state index is 12.8. The molecule has 1 aliphatic rings. The van der Waals surface area contributed by atoms with Gasteiger partial charge in [0, 0.05) is 18.7 Å². The molecule has 0 atom stereocenters. The highest BCUT2D eigenvalue weighted by Crippen LogP contribution is 2.18. The predicted molar refractivity (Wildman–Crippen MR) is 142 cm³/mol. The Morgan fingerprint density at radius 3 is 2.51 bits per heavy atom. The first-order chi connectivity index (χ1) is 17.9. The molecule has 1 amide bonds. The quantitative estimate of drug-likeness (QED) is 0.430. The number of carbonyl (C=O) groups is 2. The molecule has 0 radical (unpaired) electrons. The summed E-state index contributed by atoms with van der Waals surface area (Å²) in [6.45, 7) is 0.0912. The summed E-state index contributed by atoms with van der Waals surface area (Å²) >= 11 is 0. The van der Waals surface area contributed by atoms with Crippen LogP contribution in [0.2, 0.25) is 0 Å². The molecule has 2 N–H and O–H groups in total. The normalized spacial score (nSPS) is 13.7. The van der Waals surface area contributed by atoms with E-state index >= 15 is 0 Å². The molecule has 0 aliphatic carbocycles. The number of amides is 1. The summed E-state index contributed by atoms with van der Waals surface area (Å²) in [6, 6.07) is 22.7. The minimum Gasteiger partial charge on any atom is -0.452 e. The second kappa shape index (κ2) is 12.3. The molecular weight excluding hydrogens is 490 g/mol. The molecule has 0 fully saturated rings. The van der Waals surface area contributed by atoms with E-state index in [1.165, 1.54) is 18.2 Å². The van der Waals surface area contributed by atoms with E-state index in [0.717, 1.165) is 30.4 Å². The Balaban J connectivity index is 1.36. The van der Waals surface area contributed by atoms with Crippen LogP contribution in [0.4, 0.5) is 5.69 Å². The Bertz CT molecular complexity index is 1390. The third kappa shape index (κ3) is 7.50. The van der Waals surface area contributed by atoms with Crippen LogP contribution in [0.5, 0.6) is 0 Å². The van der Waals surface area contributed by atoms with Crippen molar-refractivity contribution in [1.82, 2.24) is 4.72 Å². The summed E-state index contributed by atoms with van der Waals surface area (Å²) < 4.78 is 33.4. The highest BCUT2D eigenvalue weighted by atomic mass is 32.2. The second-order valence-corrected chi connectivity index (χ2v) is 10.4. The molecule has 4 rings (SSSR count). The van der Waals surface area contributed by atoms with Crippen molar-refractivity contribution in [2.45, 2.75) is 37.0 Å². The number of amidine groups is 1. The summed E-state index contributed by atoms with van der Waals surface area (Å²) in [5, 5.41) is 2.59. The van der Waals surface area contributed by atoms with Gasteiger partial charge in [0.2, 0.25) is 0 Å². The summed E-state index contributed by atoms with van der Waals surface area (Å²) in [5.41, 5.74) is 2.51. The molecule has 0 saturated heterocycles. The van der Waals surface area contributed by atoms with E-state index in [2.05, 4.69) is 15.0 Å². The fourth-order valence-corrected chi connectivity index (χ4v) is 5.14. The average Bonchev–Trinajstić information content (AvgIpc) is 3.16. The summed E-state index contributed by atoms with van der Waals surface area (Å²) in [4.78, 5) is 29.5. The summed E-state index contributed by atoms with van der Waals surface area (Å²) in [7, 11) is -3.84. The first-order valence-corrected chi connectivity index (χ1v) is 13.6. The molecule has 192 valence electrons. The lowest BCUT2D eigenvalue weighted by molar-refractivity contribution is -0.119. The smallest absolute Gasteiger partial charge is 0.338 e. The van der Waals surface area contributed by atoms with Crippen molar-refractivity contribution < 1.29 is 22.7 Å². The molecule has 3 aromatic carbocycles. The number of ether oxygens (including phenoxy) is 1. The Morgan fingerprint density at radius 2 is 1.68 bits per heavy atom. The highest BCUT2D eigenvalue weighted by Gasteiger charge is 2.19. The lowest BCUT2D eigenvalue weighted by Gasteiger charge is -2.12. The van der Waals surface area contributed by atoms with Gasteiger partial charge < -0.3 is 10.1 Å². The standard InChI is InChI=1S/C28H29N3O5S/c32-27(20-36-28(33)25-15-7-6-12-22(25)18-21-10-3-1-4-11-21)30-23-13-9-14-24(19-23)37(34,35)31-26-16-5-2-8-17-29-26/h1,3-4,6-7,9-15,19H,2,5,8,16-18,20H2,(H,29,31)(H,30,32). The lowest BCUT2D eigenvalue weighted by Crippen LogP contribution is -2.30. The molecule has 0 saturated carbocycles. The van der Waals surface area contributed by atoms with Gasteiger partial charge in [-0.25, -0.2) is 13.2 Å². The van der Waals surface area contributed by atoms with E-state index < -0.39 is 28.5 Å². The number of nitrogens with zero attached hydrogens (tertiary/aromatic N) is 1. The van der Waals surface area contributed by atoms with E-state index in [4.69, 9.17) is 4.74 Å². The Morgan fingerprint density at radius 1 is 0.892 bits per heavy atom. The minimum absolute atomic E-state index is 0.00378. The number of rotatable bonds is 8. The SMILES string of the molecule is O=C(COC(=O)c1ccccc1Cc1ccccc1)Nc1cccc(S(=O)(=O)NC2=NCCCCC2)c1. The molecule has 3 aromatic rings. The van der Waals surface area contributed by atoms with Gasteiger partial charge in [-0.05, 0) is 54.7 Å². The molecule has 37 heavy (non-hydrogen) atoms. The Labute approximate surface area is 216 Å². The third-order valence-corrected chi connectivity index (χ3v) is 7.24. The van der Waals surface area contributed by atoms with Crippen LogP contribution in [0.1, 0.15) is 47.2 Å².